The van der Waals surface area contributed by atoms with Crippen molar-refractivity contribution in [3.05, 3.63) is 40.9 Å². The Morgan fingerprint density at radius 3 is 1.57 bits per heavy atom. The standard InChI is InChI=1S/C43H72BF2N2O6/c1-5-9-13-17-21-25-29-49-38-34-47-40(42(38)51-31-27-23-19-15-11-7-3)36-33-37(54-44(45,46)53-36)41-43(52-32-28-24-20-16-12-8-4)39(35-48-41)50-30-26-22-18-14-10-6-2/h33-35,47H,5-32H2,1-4H3/q-1/b41-37+. The minimum absolute atomic E-state index is 0.104. The number of rotatable bonds is 33. The van der Waals surface area contributed by atoms with E-state index < -0.39 is 7.11 Å². The van der Waals surface area contributed by atoms with Gasteiger partial charge in [0.15, 0.2) is 23.0 Å². The predicted molar refractivity (Wildman–Crippen MR) is 218 cm³/mol. The number of nitrogens with zero attached hydrogens (tertiary/aromatic N) is 1. The molecule has 0 saturated heterocycles. The Labute approximate surface area is 326 Å². The molecule has 3 heterocycles. The zero-order valence-corrected chi connectivity index (χ0v) is 34.3. The lowest BCUT2D eigenvalue weighted by atomic mass is 10.1. The van der Waals surface area contributed by atoms with Gasteiger partial charge in [0.1, 0.15) is 22.9 Å². The highest BCUT2D eigenvalue weighted by Gasteiger charge is 2.41. The number of H-pyrrole nitrogens is 1. The molecule has 1 aromatic rings. The Balaban J connectivity index is 1.84. The van der Waals surface area contributed by atoms with Crippen LogP contribution in [0.25, 0.3) is 5.76 Å². The number of allylic oxidation sites excluding steroid dienone is 2. The normalized spacial score (nSPS) is 16.4. The van der Waals surface area contributed by atoms with E-state index in [4.69, 9.17) is 28.3 Å². The van der Waals surface area contributed by atoms with E-state index in [1.54, 1.807) is 12.4 Å². The average molecular weight is 762 g/mol. The van der Waals surface area contributed by atoms with Crippen molar-refractivity contribution < 1.29 is 36.9 Å². The molecule has 0 unspecified atom stereocenters. The third-order valence-corrected chi connectivity index (χ3v) is 9.82. The van der Waals surface area contributed by atoms with Crippen molar-refractivity contribution in [2.45, 2.75) is 182 Å². The number of unbranched alkanes of at least 4 members (excludes halogenated alkanes) is 20. The summed E-state index contributed by atoms with van der Waals surface area (Å²) in [7, 11) is -4.73. The van der Waals surface area contributed by atoms with Crippen molar-refractivity contribution in [3.8, 4) is 11.5 Å². The van der Waals surface area contributed by atoms with E-state index in [-0.39, 0.29) is 22.9 Å². The largest absolute Gasteiger partial charge is 0.726 e. The number of halogens is 2. The summed E-state index contributed by atoms with van der Waals surface area (Å²) >= 11 is 0. The summed E-state index contributed by atoms with van der Waals surface area (Å²) in [5.74, 6) is 1.37. The van der Waals surface area contributed by atoms with Crippen molar-refractivity contribution in [2.75, 3.05) is 26.4 Å². The molecular formula is C43H72BF2N2O6-. The molecule has 0 aliphatic carbocycles. The molecule has 0 aromatic carbocycles. The Hall–Kier alpha value is -3.11. The molecule has 1 N–H and O–H groups in total. The maximum Gasteiger partial charge on any atom is 0.726 e. The highest BCUT2D eigenvalue weighted by molar-refractivity contribution is 6.53. The summed E-state index contributed by atoms with van der Waals surface area (Å²) in [4.78, 5) is 7.62. The number of aliphatic imine (C=N–C) groups is 1. The second-order valence-corrected chi connectivity index (χ2v) is 14.8. The Morgan fingerprint density at radius 2 is 1.04 bits per heavy atom. The first-order chi connectivity index (χ1) is 26.4. The molecule has 2 aliphatic rings. The molecular weight excluding hydrogens is 689 g/mol. The van der Waals surface area contributed by atoms with E-state index in [0.717, 1.165) is 70.6 Å². The molecule has 3 rings (SSSR count). The van der Waals surface area contributed by atoms with Crippen molar-refractivity contribution >= 4 is 19.1 Å². The fraction of sp³-hybridized carbons (Fsp3) is 0.744. The van der Waals surface area contributed by atoms with E-state index in [9.17, 15) is 0 Å². The minimum atomic E-state index is -4.73. The third kappa shape index (κ3) is 17.1. The van der Waals surface area contributed by atoms with Gasteiger partial charge in [-0.15, -0.1) is 0 Å². The SMILES string of the molecule is CCCCCCCCOC1=C(OCCCCCCCC)/C(=C2/C=C(c3[nH]cc(OCCCCCCCC)c3OCCCCCCCC)O[B-](F)(F)O2)N=C1. The van der Waals surface area contributed by atoms with Crippen LogP contribution in [0.5, 0.6) is 11.5 Å². The Bertz CT molecular complexity index is 1290. The van der Waals surface area contributed by atoms with E-state index in [1.165, 1.54) is 89.5 Å². The fourth-order valence-electron chi connectivity index (χ4n) is 6.60. The van der Waals surface area contributed by atoms with Gasteiger partial charge in [0, 0.05) is 12.3 Å². The van der Waals surface area contributed by atoms with Crippen LogP contribution in [-0.2, 0) is 18.8 Å². The number of hydrogen-bond donors (Lipinski definition) is 1. The highest BCUT2D eigenvalue weighted by Crippen LogP contribution is 2.42. The van der Waals surface area contributed by atoms with E-state index in [1.807, 2.05) is 0 Å². The van der Waals surface area contributed by atoms with Gasteiger partial charge in [0.25, 0.3) is 0 Å². The van der Waals surface area contributed by atoms with E-state index in [0.29, 0.717) is 49.4 Å². The van der Waals surface area contributed by atoms with Crippen LogP contribution in [-0.4, -0.2) is 44.7 Å². The van der Waals surface area contributed by atoms with E-state index >= 15 is 8.63 Å². The first-order valence-corrected chi connectivity index (χ1v) is 21.8. The molecule has 54 heavy (non-hydrogen) atoms. The lowest BCUT2D eigenvalue weighted by molar-refractivity contribution is 0.157. The molecule has 0 atom stereocenters. The van der Waals surface area contributed by atoms with Crippen molar-refractivity contribution in [3.63, 3.8) is 0 Å². The van der Waals surface area contributed by atoms with Crippen molar-refractivity contribution in [2.24, 2.45) is 4.99 Å². The summed E-state index contributed by atoms with van der Waals surface area (Å²) < 4.78 is 66.0. The topological polar surface area (TPSA) is 83.5 Å². The number of hydrogen-bond acceptors (Lipinski definition) is 7. The summed E-state index contributed by atoms with van der Waals surface area (Å²) in [6, 6.07) is 0. The molecule has 8 nitrogen and oxygen atoms in total. The fourth-order valence-corrected chi connectivity index (χ4v) is 6.60. The number of nitrogens with one attached hydrogen (secondary N) is 1. The van der Waals surface area contributed by atoms with Crippen LogP contribution in [0.1, 0.15) is 187 Å². The number of aromatic amines is 1. The molecule has 308 valence electrons. The molecule has 0 amide bonds. The molecule has 1 aromatic heterocycles. The molecule has 0 radical (unpaired) electrons. The number of aromatic nitrogens is 1. The van der Waals surface area contributed by atoms with Crippen LogP contribution in [0.2, 0.25) is 0 Å². The van der Waals surface area contributed by atoms with Crippen LogP contribution >= 0.6 is 0 Å². The second kappa shape index (κ2) is 27.5. The van der Waals surface area contributed by atoms with Gasteiger partial charge < -0.3 is 41.9 Å². The van der Waals surface area contributed by atoms with Gasteiger partial charge in [-0.3, -0.25) is 0 Å². The van der Waals surface area contributed by atoms with Crippen LogP contribution in [0.15, 0.2) is 40.2 Å². The molecule has 2 aliphatic heterocycles. The third-order valence-electron chi connectivity index (χ3n) is 9.82. The van der Waals surface area contributed by atoms with Crippen LogP contribution in [0.4, 0.5) is 8.63 Å². The van der Waals surface area contributed by atoms with Crippen LogP contribution in [0.3, 0.4) is 0 Å². The lowest BCUT2D eigenvalue weighted by Gasteiger charge is -2.34. The monoisotopic (exact) mass is 762 g/mol. The first-order valence-electron chi connectivity index (χ1n) is 21.8. The van der Waals surface area contributed by atoms with Gasteiger partial charge in [-0.2, -0.15) is 0 Å². The quantitative estimate of drug-likeness (QED) is 0.0567. The maximum atomic E-state index is 15.4. The predicted octanol–water partition coefficient (Wildman–Crippen LogP) is 13.5. The number of ether oxygens (including phenoxy) is 4. The summed E-state index contributed by atoms with van der Waals surface area (Å²) in [5, 5.41) is 0. The Kier molecular flexibility index (Phi) is 23.0. The van der Waals surface area contributed by atoms with Crippen molar-refractivity contribution in [1.29, 1.82) is 0 Å². The summed E-state index contributed by atoms with van der Waals surface area (Å²) in [6.45, 7) is 10.7. The summed E-state index contributed by atoms with van der Waals surface area (Å²) in [6.07, 6.45) is 31.5. The van der Waals surface area contributed by atoms with Crippen LogP contribution < -0.4 is 9.47 Å². The molecule has 11 heteroatoms. The van der Waals surface area contributed by atoms with E-state index in [2.05, 4.69) is 37.7 Å². The smallest absolute Gasteiger partial charge is 0.626 e. The zero-order valence-electron chi connectivity index (χ0n) is 34.3. The summed E-state index contributed by atoms with van der Waals surface area (Å²) in [5.41, 5.74) is 0.448. The van der Waals surface area contributed by atoms with Gasteiger partial charge in [0.05, 0.1) is 32.6 Å². The van der Waals surface area contributed by atoms with Gasteiger partial charge >= 0.3 is 7.11 Å². The minimum Gasteiger partial charge on any atom is -0.626 e. The van der Waals surface area contributed by atoms with Crippen LogP contribution in [0, 0.1) is 0 Å². The lowest BCUT2D eigenvalue weighted by Crippen LogP contribution is -2.34. The molecule has 0 fully saturated rings. The van der Waals surface area contributed by atoms with Gasteiger partial charge in [-0.1, -0.05) is 156 Å². The van der Waals surface area contributed by atoms with Gasteiger partial charge in [-0.25, -0.2) is 4.99 Å². The molecule has 0 spiro atoms. The zero-order chi connectivity index (χ0) is 38.7. The maximum absolute atomic E-state index is 15.4. The second-order valence-electron chi connectivity index (χ2n) is 14.8. The van der Waals surface area contributed by atoms with Crippen molar-refractivity contribution in [1.82, 2.24) is 4.98 Å². The average Bonchev–Trinajstić information content (AvgIpc) is 3.76. The molecule has 0 saturated carbocycles. The first kappa shape index (κ1) is 45.3. The Morgan fingerprint density at radius 1 is 0.574 bits per heavy atom. The molecule has 0 bridgehead atoms. The highest BCUT2D eigenvalue weighted by atomic mass is 19.3. The van der Waals surface area contributed by atoms with Gasteiger partial charge in [-0.05, 0) is 25.7 Å². The van der Waals surface area contributed by atoms with Gasteiger partial charge in [0.2, 0.25) is 0 Å².